The monoisotopic (exact) mass is 260 g/mol. The second-order valence-corrected chi connectivity index (χ2v) is 5.07. The van der Waals surface area contributed by atoms with Gasteiger partial charge in [0.1, 0.15) is 11.7 Å². The fraction of sp³-hybridized carbons (Fsp3) is 0.600. The van der Waals surface area contributed by atoms with Crippen molar-refractivity contribution in [3.63, 3.8) is 0 Å². The van der Waals surface area contributed by atoms with Crippen molar-refractivity contribution < 1.29 is 0 Å². The summed E-state index contributed by atoms with van der Waals surface area (Å²) in [6.45, 7) is 5.42. The topological polar surface area (TPSA) is 42.7 Å². The van der Waals surface area contributed by atoms with Crippen molar-refractivity contribution in [1.29, 1.82) is 0 Å². The first-order valence-corrected chi connectivity index (χ1v) is 7.36. The predicted octanol–water partition coefficient (Wildman–Crippen LogP) is 3.51. The number of nitrogens with one attached hydrogen (secondary N) is 1. The smallest absolute Gasteiger partial charge is 0.113 e. The maximum Gasteiger partial charge on any atom is 0.113 e. The first kappa shape index (κ1) is 14.0. The number of unbranched alkanes of at least 4 members (excludes halogenated alkanes) is 4. The van der Waals surface area contributed by atoms with E-state index in [4.69, 9.17) is 0 Å². The molecule has 1 N–H and O–H groups in total. The number of hydrogen-bond donors (Lipinski definition) is 1. The zero-order chi connectivity index (χ0) is 13.5. The second kappa shape index (κ2) is 7.24. The van der Waals surface area contributed by atoms with Crippen LogP contribution in [-0.2, 0) is 0 Å². The van der Waals surface area contributed by atoms with Gasteiger partial charge in [0.25, 0.3) is 0 Å². The van der Waals surface area contributed by atoms with Crippen molar-refractivity contribution in [1.82, 2.24) is 20.3 Å². The van der Waals surface area contributed by atoms with Crippen molar-refractivity contribution in [2.24, 2.45) is 0 Å². The van der Waals surface area contributed by atoms with Crippen molar-refractivity contribution in [3.8, 4) is 0 Å². The number of rotatable bonds is 8. The molecular weight excluding hydrogens is 236 g/mol. The van der Waals surface area contributed by atoms with Crippen LogP contribution in [0.3, 0.4) is 0 Å². The van der Waals surface area contributed by atoms with E-state index < -0.39 is 0 Å². The van der Waals surface area contributed by atoms with Crippen molar-refractivity contribution in [3.05, 3.63) is 24.3 Å². The van der Waals surface area contributed by atoms with Crippen LogP contribution in [0.15, 0.2) is 24.3 Å². The van der Waals surface area contributed by atoms with E-state index in [1.165, 1.54) is 32.1 Å². The molecule has 104 valence electrons. The fourth-order valence-corrected chi connectivity index (χ4v) is 2.30. The molecule has 1 unspecified atom stereocenters. The molecule has 4 nitrogen and oxygen atoms in total. The quantitative estimate of drug-likeness (QED) is 0.739. The molecule has 0 saturated heterocycles. The summed E-state index contributed by atoms with van der Waals surface area (Å²) in [5, 5.41) is 11.9. The third kappa shape index (κ3) is 3.77. The van der Waals surface area contributed by atoms with E-state index in [1.54, 1.807) is 0 Å². The molecule has 2 rings (SSSR count). The summed E-state index contributed by atoms with van der Waals surface area (Å²) in [6.07, 6.45) is 6.73. The predicted molar refractivity (Wildman–Crippen MR) is 79.0 cm³/mol. The molecule has 4 heteroatoms. The van der Waals surface area contributed by atoms with Gasteiger partial charge in [0.2, 0.25) is 0 Å². The van der Waals surface area contributed by atoms with Gasteiger partial charge in [-0.25, -0.2) is 4.68 Å². The SMILES string of the molecule is CCCCCCCNC(C)n1nnc2ccccc21. The Morgan fingerprint density at radius 3 is 2.79 bits per heavy atom. The number of benzene rings is 1. The summed E-state index contributed by atoms with van der Waals surface area (Å²) in [7, 11) is 0. The number of para-hydroxylation sites is 1. The van der Waals surface area contributed by atoms with E-state index in [-0.39, 0.29) is 6.17 Å². The Hall–Kier alpha value is -1.42. The van der Waals surface area contributed by atoms with Gasteiger partial charge < -0.3 is 0 Å². The molecule has 0 aliphatic carbocycles. The van der Waals surface area contributed by atoms with Gasteiger partial charge in [-0.05, 0) is 32.0 Å². The Labute approximate surface area is 115 Å². The molecule has 1 atom stereocenters. The van der Waals surface area contributed by atoms with Crippen LogP contribution in [0.1, 0.15) is 52.1 Å². The molecule has 19 heavy (non-hydrogen) atoms. The van der Waals surface area contributed by atoms with E-state index in [0.29, 0.717) is 0 Å². The highest BCUT2D eigenvalue weighted by Crippen LogP contribution is 2.13. The van der Waals surface area contributed by atoms with E-state index in [0.717, 1.165) is 17.6 Å². The summed E-state index contributed by atoms with van der Waals surface area (Å²) in [5.41, 5.74) is 2.05. The summed E-state index contributed by atoms with van der Waals surface area (Å²) >= 11 is 0. The summed E-state index contributed by atoms with van der Waals surface area (Å²) in [5.74, 6) is 0. The molecule has 0 saturated carbocycles. The largest absolute Gasteiger partial charge is 0.296 e. The number of aromatic nitrogens is 3. The lowest BCUT2D eigenvalue weighted by Crippen LogP contribution is -2.25. The lowest BCUT2D eigenvalue weighted by molar-refractivity contribution is 0.396. The minimum atomic E-state index is 0.193. The standard InChI is InChI=1S/C15H24N4/c1-3-4-5-6-9-12-16-13(2)19-15-11-8-7-10-14(15)17-18-19/h7-8,10-11,13,16H,3-6,9,12H2,1-2H3. The lowest BCUT2D eigenvalue weighted by atomic mass is 10.1. The third-order valence-corrected chi connectivity index (χ3v) is 3.46. The molecule has 0 fully saturated rings. The van der Waals surface area contributed by atoms with Crippen molar-refractivity contribution >= 4 is 11.0 Å². The molecule has 0 spiro atoms. The minimum Gasteiger partial charge on any atom is -0.296 e. The van der Waals surface area contributed by atoms with Gasteiger partial charge in [-0.15, -0.1) is 5.10 Å². The molecule has 1 heterocycles. The Morgan fingerprint density at radius 2 is 1.95 bits per heavy atom. The summed E-state index contributed by atoms with van der Waals surface area (Å²) in [4.78, 5) is 0. The first-order chi connectivity index (χ1) is 9.33. The maximum absolute atomic E-state index is 4.23. The average molecular weight is 260 g/mol. The molecule has 1 aromatic carbocycles. The average Bonchev–Trinajstić information content (AvgIpc) is 2.86. The zero-order valence-corrected chi connectivity index (χ0v) is 12.0. The summed E-state index contributed by atoms with van der Waals surface area (Å²) in [6, 6.07) is 8.08. The van der Waals surface area contributed by atoms with Crippen LogP contribution in [0.2, 0.25) is 0 Å². The maximum atomic E-state index is 4.23. The lowest BCUT2D eigenvalue weighted by Gasteiger charge is -2.14. The molecule has 0 aliphatic rings. The van der Waals surface area contributed by atoms with Crippen LogP contribution in [-0.4, -0.2) is 21.5 Å². The van der Waals surface area contributed by atoms with E-state index in [1.807, 2.05) is 22.9 Å². The number of hydrogen-bond acceptors (Lipinski definition) is 3. The Kier molecular flexibility index (Phi) is 5.33. The van der Waals surface area contributed by atoms with Crippen molar-refractivity contribution in [2.45, 2.75) is 52.1 Å². The van der Waals surface area contributed by atoms with Crippen LogP contribution >= 0.6 is 0 Å². The highest BCUT2D eigenvalue weighted by Gasteiger charge is 2.09. The molecule has 0 aliphatic heterocycles. The number of fused-ring (bicyclic) bond motifs is 1. The van der Waals surface area contributed by atoms with Gasteiger partial charge >= 0.3 is 0 Å². The molecule has 1 aromatic heterocycles. The number of nitrogens with zero attached hydrogens (tertiary/aromatic N) is 3. The Morgan fingerprint density at radius 1 is 1.16 bits per heavy atom. The zero-order valence-electron chi connectivity index (χ0n) is 12.0. The molecule has 0 bridgehead atoms. The van der Waals surface area contributed by atoms with Gasteiger partial charge in [0.15, 0.2) is 0 Å². The molecular formula is C15H24N4. The Balaban J connectivity index is 1.81. The highest BCUT2D eigenvalue weighted by atomic mass is 15.5. The normalized spacial score (nSPS) is 12.9. The molecule has 2 aromatic rings. The van der Waals surface area contributed by atoms with Gasteiger partial charge in [0.05, 0.1) is 5.52 Å². The van der Waals surface area contributed by atoms with E-state index >= 15 is 0 Å². The third-order valence-electron chi connectivity index (χ3n) is 3.46. The van der Waals surface area contributed by atoms with Gasteiger partial charge in [-0.1, -0.05) is 50.0 Å². The summed E-state index contributed by atoms with van der Waals surface area (Å²) < 4.78 is 1.96. The van der Waals surface area contributed by atoms with Crippen LogP contribution < -0.4 is 5.32 Å². The van der Waals surface area contributed by atoms with Crippen LogP contribution in [0.4, 0.5) is 0 Å². The van der Waals surface area contributed by atoms with Gasteiger partial charge in [0, 0.05) is 0 Å². The molecule has 0 amide bonds. The molecule has 0 radical (unpaired) electrons. The second-order valence-electron chi connectivity index (χ2n) is 5.07. The van der Waals surface area contributed by atoms with Crippen LogP contribution in [0.5, 0.6) is 0 Å². The van der Waals surface area contributed by atoms with Crippen LogP contribution in [0, 0.1) is 0 Å². The van der Waals surface area contributed by atoms with E-state index in [2.05, 4.69) is 35.5 Å². The van der Waals surface area contributed by atoms with Gasteiger partial charge in [-0.3, -0.25) is 5.32 Å². The van der Waals surface area contributed by atoms with Crippen LogP contribution in [0.25, 0.3) is 11.0 Å². The van der Waals surface area contributed by atoms with Crippen molar-refractivity contribution in [2.75, 3.05) is 6.54 Å². The van der Waals surface area contributed by atoms with E-state index in [9.17, 15) is 0 Å². The highest BCUT2D eigenvalue weighted by molar-refractivity contribution is 5.73. The first-order valence-electron chi connectivity index (χ1n) is 7.36. The fourth-order valence-electron chi connectivity index (χ4n) is 2.30. The minimum absolute atomic E-state index is 0.193. The van der Waals surface area contributed by atoms with Gasteiger partial charge in [-0.2, -0.15) is 0 Å². The Bertz CT molecular complexity index is 492.